The molecule has 2 aromatic rings. The number of hydrogen-bond donors (Lipinski definition) is 3. The number of nitrogens with one attached hydrogen (secondary N) is 2. The van der Waals surface area contributed by atoms with Gasteiger partial charge in [0, 0.05) is 12.0 Å². The van der Waals surface area contributed by atoms with Crippen LogP contribution in [0.1, 0.15) is 32.1 Å². The van der Waals surface area contributed by atoms with E-state index >= 15 is 0 Å². The molecule has 5 heteroatoms. The van der Waals surface area contributed by atoms with E-state index in [1.54, 1.807) is 19.1 Å². The van der Waals surface area contributed by atoms with E-state index in [-0.39, 0.29) is 18.0 Å². The second kappa shape index (κ2) is 6.87. The first-order valence-electron chi connectivity index (χ1n) is 7.65. The van der Waals surface area contributed by atoms with Crippen molar-refractivity contribution in [1.29, 1.82) is 0 Å². The summed E-state index contributed by atoms with van der Waals surface area (Å²) in [5.74, 6) is 0.419. The van der Waals surface area contributed by atoms with E-state index in [4.69, 9.17) is 4.42 Å². The summed E-state index contributed by atoms with van der Waals surface area (Å²) in [6.07, 6.45) is 1.49. The monoisotopic (exact) mass is 316 g/mol. The predicted octanol–water partition coefficient (Wildman–Crippen LogP) is 2.76. The molecule has 3 N–H and O–H groups in total. The molecular formula is C18H24N2O3. The maximum Gasteiger partial charge on any atom is 0.314 e. The Morgan fingerprint density at radius 3 is 2.30 bits per heavy atom. The highest BCUT2D eigenvalue weighted by Gasteiger charge is 2.27. The van der Waals surface area contributed by atoms with Crippen molar-refractivity contribution in [2.45, 2.75) is 31.8 Å². The van der Waals surface area contributed by atoms with Gasteiger partial charge in [0.25, 0.3) is 0 Å². The van der Waals surface area contributed by atoms with E-state index in [1.165, 1.54) is 6.26 Å². The van der Waals surface area contributed by atoms with Gasteiger partial charge < -0.3 is 20.2 Å². The van der Waals surface area contributed by atoms with Crippen molar-refractivity contribution in [1.82, 2.24) is 10.6 Å². The summed E-state index contributed by atoms with van der Waals surface area (Å²) in [4.78, 5) is 12.0. The van der Waals surface area contributed by atoms with Gasteiger partial charge in [-0.1, -0.05) is 44.2 Å². The van der Waals surface area contributed by atoms with Crippen molar-refractivity contribution >= 4 is 6.03 Å². The van der Waals surface area contributed by atoms with Gasteiger partial charge in [0.2, 0.25) is 0 Å². The van der Waals surface area contributed by atoms with Gasteiger partial charge in [-0.3, -0.25) is 0 Å². The molecule has 1 heterocycles. The number of hydrogen-bond acceptors (Lipinski definition) is 3. The minimum absolute atomic E-state index is 0.0676. The predicted molar refractivity (Wildman–Crippen MR) is 89.1 cm³/mol. The fourth-order valence-electron chi connectivity index (χ4n) is 2.28. The van der Waals surface area contributed by atoms with Gasteiger partial charge in [-0.25, -0.2) is 4.79 Å². The Kier molecular flexibility index (Phi) is 5.11. The smallest absolute Gasteiger partial charge is 0.314 e. The number of carbonyl (C=O) groups excluding carboxylic acids is 1. The number of furan rings is 1. The normalized spacial score (nSPS) is 14.1. The van der Waals surface area contributed by atoms with E-state index in [1.807, 2.05) is 30.3 Å². The molecule has 124 valence electrons. The third kappa shape index (κ3) is 4.60. The molecule has 0 spiro atoms. The van der Waals surface area contributed by atoms with E-state index in [0.717, 1.165) is 5.56 Å². The first-order valence-corrected chi connectivity index (χ1v) is 7.65. The third-order valence-electron chi connectivity index (χ3n) is 3.89. The molecule has 0 saturated carbocycles. The van der Waals surface area contributed by atoms with Crippen LogP contribution >= 0.6 is 0 Å². The largest absolute Gasteiger partial charge is 0.466 e. The van der Waals surface area contributed by atoms with Crippen LogP contribution < -0.4 is 10.6 Å². The molecule has 0 fully saturated rings. The van der Waals surface area contributed by atoms with Crippen LogP contribution in [0.15, 0.2) is 53.1 Å². The highest BCUT2D eigenvalue weighted by Crippen LogP contribution is 2.22. The van der Waals surface area contributed by atoms with Crippen LogP contribution in [0.5, 0.6) is 0 Å². The van der Waals surface area contributed by atoms with Crippen molar-refractivity contribution in [3.63, 3.8) is 0 Å². The van der Waals surface area contributed by atoms with E-state index in [9.17, 15) is 9.90 Å². The lowest BCUT2D eigenvalue weighted by Crippen LogP contribution is -2.46. The zero-order chi connectivity index (χ0) is 16.9. The number of amides is 2. The minimum atomic E-state index is -1.24. The first-order chi connectivity index (χ1) is 10.8. The lowest BCUT2D eigenvalue weighted by molar-refractivity contribution is 0.0367. The van der Waals surface area contributed by atoms with Crippen molar-refractivity contribution in [3.8, 4) is 0 Å². The van der Waals surface area contributed by atoms with Gasteiger partial charge in [0.05, 0.1) is 12.8 Å². The molecule has 0 aliphatic heterocycles. The molecule has 1 unspecified atom stereocenters. The van der Waals surface area contributed by atoms with Crippen LogP contribution in [0.2, 0.25) is 0 Å². The summed E-state index contributed by atoms with van der Waals surface area (Å²) in [6, 6.07) is 13.1. The fourth-order valence-corrected chi connectivity index (χ4v) is 2.28. The molecule has 1 aromatic carbocycles. The fraction of sp³-hybridized carbons (Fsp3) is 0.389. The Hall–Kier alpha value is -2.27. The Morgan fingerprint density at radius 2 is 1.70 bits per heavy atom. The van der Waals surface area contributed by atoms with Crippen molar-refractivity contribution in [3.05, 3.63) is 60.1 Å². The highest BCUT2D eigenvalue weighted by atomic mass is 16.4. The van der Waals surface area contributed by atoms with E-state index in [2.05, 4.69) is 24.5 Å². The summed E-state index contributed by atoms with van der Waals surface area (Å²) in [5.41, 5.74) is -0.263. The maximum atomic E-state index is 12.0. The lowest BCUT2D eigenvalue weighted by Gasteiger charge is -2.26. The van der Waals surface area contributed by atoms with Crippen LogP contribution in [0, 0.1) is 0 Å². The second-order valence-corrected chi connectivity index (χ2v) is 6.54. The molecule has 1 atom stereocenters. The van der Waals surface area contributed by atoms with Gasteiger partial charge in [-0.2, -0.15) is 0 Å². The van der Waals surface area contributed by atoms with Crippen molar-refractivity contribution in [2.75, 3.05) is 13.1 Å². The van der Waals surface area contributed by atoms with Crippen LogP contribution in [-0.2, 0) is 11.0 Å². The Balaban J connectivity index is 1.84. The van der Waals surface area contributed by atoms with Crippen LogP contribution in [0.4, 0.5) is 4.79 Å². The average molecular weight is 316 g/mol. The lowest BCUT2D eigenvalue weighted by atomic mass is 9.85. The Morgan fingerprint density at radius 1 is 1.04 bits per heavy atom. The number of carbonyl (C=O) groups is 1. The number of rotatable bonds is 6. The highest BCUT2D eigenvalue weighted by molar-refractivity contribution is 5.74. The van der Waals surface area contributed by atoms with E-state index in [0.29, 0.717) is 12.3 Å². The zero-order valence-electron chi connectivity index (χ0n) is 13.8. The summed E-state index contributed by atoms with van der Waals surface area (Å²) in [6.45, 7) is 6.30. The molecule has 0 saturated heterocycles. The first kappa shape index (κ1) is 17.1. The zero-order valence-corrected chi connectivity index (χ0v) is 13.8. The van der Waals surface area contributed by atoms with Crippen LogP contribution in [-0.4, -0.2) is 24.2 Å². The van der Waals surface area contributed by atoms with Crippen LogP contribution in [0.3, 0.4) is 0 Å². The third-order valence-corrected chi connectivity index (χ3v) is 3.89. The Bertz CT molecular complexity index is 619. The molecule has 5 nitrogen and oxygen atoms in total. The summed E-state index contributed by atoms with van der Waals surface area (Å²) < 4.78 is 5.18. The molecule has 1 aromatic heterocycles. The molecule has 2 rings (SSSR count). The van der Waals surface area contributed by atoms with Gasteiger partial charge >= 0.3 is 6.03 Å². The maximum absolute atomic E-state index is 12.0. The molecule has 0 bridgehead atoms. The van der Waals surface area contributed by atoms with E-state index < -0.39 is 5.60 Å². The summed E-state index contributed by atoms with van der Waals surface area (Å²) >= 11 is 0. The molecule has 0 aliphatic rings. The molecular weight excluding hydrogens is 292 g/mol. The SMILES string of the molecule is CC(C)(CNC(=O)NCC(C)(O)c1ccco1)c1ccccc1. The average Bonchev–Trinajstić information content (AvgIpc) is 3.07. The molecule has 23 heavy (non-hydrogen) atoms. The number of urea groups is 1. The molecule has 2 amide bonds. The van der Waals surface area contributed by atoms with Crippen molar-refractivity contribution in [2.24, 2.45) is 0 Å². The summed E-state index contributed by atoms with van der Waals surface area (Å²) in [7, 11) is 0. The van der Waals surface area contributed by atoms with Crippen molar-refractivity contribution < 1.29 is 14.3 Å². The van der Waals surface area contributed by atoms with Gasteiger partial charge in [0.1, 0.15) is 11.4 Å². The molecule has 0 radical (unpaired) electrons. The van der Waals surface area contributed by atoms with Crippen LogP contribution in [0.25, 0.3) is 0 Å². The number of benzene rings is 1. The van der Waals surface area contributed by atoms with Gasteiger partial charge in [-0.15, -0.1) is 0 Å². The summed E-state index contributed by atoms with van der Waals surface area (Å²) in [5, 5.41) is 15.8. The second-order valence-electron chi connectivity index (χ2n) is 6.54. The van der Waals surface area contributed by atoms with Gasteiger partial charge in [-0.05, 0) is 24.6 Å². The minimum Gasteiger partial charge on any atom is -0.466 e. The quantitative estimate of drug-likeness (QED) is 0.767. The Labute approximate surface area is 136 Å². The standard InChI is InChI=1S/C18H24N2O3/c1-17(2,14-8-5-4-6-9-14)12-19-16(21)20-13-18(3,22)15-10-7-11-23-15/h4-11,22H,12-13H2,1-3H3,(H2,19,20,21). The topological polar surface area (TPSA) is 74.5 Å². The van der Waals surface area contributed by atoms with Gasteiger partial charge in [0.15, 0.2) is 0 Å². The number of aliphatic hydroxyl groups is 1. The molecule has 0 aliphatic carbocycles.